The Morgan fingerprint density at radius 1 is 0.955 bits per heavy atom. The largest absolute Gasteiger partial charge is 0.316 e. The van der Waals surface area contributed by atoms with Crippen LogP contribution in [0.3, 0.4) is 0 Å². The van der Waals surface area contributed by atoms with Crippen molar-refractivity contribution < 1.29 is 16.8 Å². The summed E-state index contributed by atoms with van der Waals surface area (Å²) in [6.45, 7) is 3.51. The molecule has 7 nitrogen and oxygen atoms in total. The molecule has 1 aromatic rings. The molecule has 0 radical (unpaired) electrons. The summed E-state index contributed by atoms with van der Waals surface area (Å²) >= 11 is 0. The second-order valence-electron chi connectivity index (χ2n) is 5.12. The number of nitrogens with one attached hydrogen (secondary N) is 3. The molecule has 1 aromatic carbocycles. The van der Waals surface area contributed by atoms with Crippen molar-refractivity contribution in [1.82, 2.24) is 14.8 Å². The van der Waals surface area contributed by atoms with Gasteiger partial charge in [0.05, 0.1) is 9.79 Å². The Hall–Kier alpha value is -1.00. The molecule has 1 aliphatic rings. The molecule has 0 saturated heterocycles. The third-order valence-electron chi connectivity index (χ3n) is 3.19. The van der Waals surface area contributed by atoms with Crippen molar-refractivity contribution in [2.75, 3.05) is 19.6 Å². The molecule has 0 bridgehead atoms. The molecular formula is C13H21N3O4S2. The summed E-state index contributed by atoms with van der Waals surface area (Å²) in [7, 11) is -7.18. The van der Waals surface area contributed by atoms with Gasteiger partial charge < -0.3 is 5.32 Å². The molecule has 1 saturated carbocycles. The van der Waals surface area contributed by atoms with Crippen LogP contribution in [0, 0.1) is 0 Å². The Labute approximate surface area is 131 Å². The smallest absolute Gasteiger partial charge is 0.240 e. The van der Waals surface area contributed by atoms with Gasteiger partial charge in [0.25, 0.3) is 0 Å². The van der Waals surface area contributed by atoms with Gasteiger partial charge in [-0.15, -0.1) is 0 Å². The molecule has 0 heterocycles. The second kappa shape index (κ2) is 7.05. The first-order valence-electron chi connectivity index (χ1n) is 7.18. The van der Waals surface area contributed by atoms with E-state index in [1.165, 1.54) is 24.3 Å². The number of rotatable bonds is 9. The average Bonchev–Trinajstić information content (AvgIpc) is 3.27. The van der Waals surface area contributed by atoms with Crippen molar-refractivity contribution in [3.8, 4) is 0 Å². The molecule has 22 heavy (non-hydrogen) atoms. The van der Waals surface area contributed by atoms with Crippen LogP contribution in [0.25, 0.3) is 0 Å². The van der Waals surface area contributed by atoms with Crippen molar-refractivity contribution in [3.05, 3.63) is 24.3 Å². The minimum absolute atomic E-state index is 0.0149. The van der Waals surface area contributed by atoms with Gasteiger partial charge in [-0.2, -0.15) is 0 Å². The number of hydrogen-bond donors (Lipinski definition) is 3. The highest BCUT2D eigenvalue weighted by atomic mass is 32.2. The molecule has 0 atom stereocenters. The van der Waals surface area contributed by atoms with E-state index in [4.69, 9.17) is 0 Å². The van der Waals surface area contributed by atoms with E-state index in [9.17, 15) is 16.8 Å². The fourth-order valence-corrected chi connectivity index (χ4v) is 4.16. The molecule has 3 N–H and O–H groups in total. The quantitative estimate of drug-likeness (QED) is 0.546. The summed E-state index contributed by atoms with van der Waals surface area (Å²) in [6.07, 6.45) is 1.70. The van der Waals surface area contributed by atoms with Crippen LogP contribution in [0.5, 0.6) is 0 Å². The lowest BCUT2D eigenvalue weighted by Crippen LogP contribution is -2.31. The fraction of sp³-hybridized carbons (Fsp3) is 0.538. The number of sulfonamides is 2. The Morgan fingerprint density at radius 2 is 1.50 bits per heavy atom. The predicted molar refractivity (Wildman–Crippen MR) is 83.5 cm³/mol. The van der Waals surface area contributed by atoms with Gasteiger partial charge in [0, 0.05) is 19.1 Å². The number of hydrogen-bond acceptors (Lipinski definition) is 5. The zero-order valence-corrected chi connectivity index (χ0v) is 14.0. The lowest BCUT2D eigenvalue weighted by molar-refractivity contribution is 0.575. The van der Waals surface area contributed by atoms with E-state index in [1.54, 1.807) is 0 Å². The molecule has 2 rings (SSSR count). The molecule has 0 aliphatic heterocycles. The van der Waals surface area contributed by atoms with Gasteiger partial charge >= 0.3 is 0 Å². The highest BCUT2D eigenvalue weighted by Crippen LogP contribution is 2.22. The molecule has 1 fully saturated rings. The van der Waals surface area contributed by atoms with Crippen LogP contribution in [-0.4, -0.2) is 42.5 Å². The Balaban J connectivity index is 2.04. The van der Waals surface area contributed by atoms with E-state index in [1.807, 2.05) is 6.92 Å². The van der Waals surface area contributed by atoms with Crippen molar-refractivity contribution >= 4 is 20.0 Å². The molecule has 0 spiro atoms. The van der Waals surface area contributed by atoms with Crippen LogP contribution < -0.4 is 14.8 Å². The Morgan fingerprint density at radius 3 is 2.00 bits per heavy atom. The highest BCUT2D eigenvalue weighted by molar-refractivity contribution is 7.90. The van der Waals surface area contributed by atoms with E-state index in [0.29, 0.717) is 6.54 Å². The molecule has 1 aliphatic carbocycles. The minimum Gasteiger partial charge on any atom is -0.316 e. The van der Waals surface area contributed by atoms with Gasteiger partial charge in [0.1, 0.15) is 0 Å². The Bertz CT molecular complexity index is 695. The normalized spacial score (nSPS) is 15.9. The van der Waals surface area contributed by atoms with Crippen LogP contribution in [0.4, 0.5) is 0 Å². The Kier molecular flexibility index (Phi) is 5.56. The van der Waals surface area contributed by atoms with Crippen LogP contribution in [-0.2, 0) is 20.0 Å². The lowest BCUT2D eigenvalue weighted by Gasteiger charge is -2.09. The first kappa shape index (κ1) is 17.4. The van der Waals surface area contributed by atoms with Gasteiger partial charge in [-0.3, -0.25) is 0 Å². The summed E-state index contributed by atoms with van der Waals surface area (Å²) < 4.78 is 53.1. The fourth-order valence-electron chi connectivity index (χ4n) is 1.82. The second-order valence-corrected chi connectivity index (χ2v) is 8.60. The number of benzene rings is 1. The van der Waals surface area contributed by atoms with Gasteiger partial charge in [-0.05, 0) is 43.7 Å². The summed E-state index contributed by atoms with van der Waals surface area (Å²) in [4.78, 5) is 0.125. The summed E-state index contributed by atoms with van der Waals surface area (Å²) in [5.74, 6) is 0. The minimum atomic E-state index is -3.62. The van der Waals surface area contributed by atoms with Crippen LogP contribution in [0.2, 0.25) is 0 Å². The standard InChI is InChI=1S/C13H21N3O4S2/c1-2-14-9-10-15-21(17,18)12-5-7-13(8-6-12)22(19,20)16-11-3-4-11/h5-8,11,14-16H,2-4,9-10H2,1H3. The first-order chi connectivity index (χ1) is 10.3. The van der Waals surface area contributed by atoms with Crippen molar-refractivity contribution in [1.29, 1.82) is 0 Å². The highest BCUT2D eigenvalue weighted by Gasteiger charge is 2.28. The third-order valence-corrected chi connectivity index (χ3v) is 6.20. The monoisotopic (exact) mass is 347 g/mol. The lowest BCUT2D eigenvalue weighted by atomic mass is 10.4. The molecule has 0 aromatic heterocycles. The maximum Gasteiger partial charge on any atom is 0.240 e. The van der Waals surface area contributed by atoms with Crippen molar-refractivity contribution in [2.24, 2.45) is 0 Å². The number of likely N-dealkylation sites (N-methyl/N-ethyl adjacent to an activating group) is 1. The van der Waals surface area contributed by atoms with E-state index in [0.717, 1.165) is 19.4 Å². The maximum absolute atomic E-state index is 12.0. The topological polar surface area (TPSA) is 104 Å². The van der Waals surface area contributed by atoms with Crippen LogP contribution in [0.15, 0.2) is 34.1 Å². The van der Waals surface area contributed by atoms with Crippen molar-refractivity contribution in [2.45, 2.75) is 35.6 Å². The SMILES string of the molecule is CCNCCNS(=O)(=O)c1ccc(S(=O)(=O)NC2CC2)cc1. The zero-order valence-electron chi connectivity index (χ0n) is 12.4. The summed E-state index contributed by atoms with van der Waals surface area (Å²) in [6, 6.07) is 5.24. The zero-order chi connectivity index (χ0) is 16.2. The molecule has 9 heteroatoms. The first-order valence-corrected chi connectivity index (χ1v) is 10.1. The summed E-state index contributed by atoms with van der Waals surface area (Å²) in [5.41, 5.74) is 0. The van der Waals surface area contributed by atoms with Gasteiger partial charge in [-0.1, -0.05) is 6.92 Å². The molecule has 124 valence electrons. The third kappa shape index (κ3) is 4.75. The van der Waals surface area contributed by atoms with Gasteiger partial charge in [0.2, 0.25) is 20.0 Å². The van der Waals surface area contributed by atoms with E-state index in [-0.39, 0.29) is 22.4 Å². The average molecular weight is 347 g/mol. The van der Waals surface area contributed by atoms with Crippen LogP contribution >= 0.6 is 0 Å². The van der Waals surface area contributed by atoms with Crippen molar-refractivity contribution in [3.63, 3.8) is 0 Å². The van der Waals surface area contributed by atoms with E-state index < -0.39 is 20.0 Å². The molecule has 0 unspecified atom stereocenters. The molecular weight excluding hydrogens is 326 g/mol. The summed E-state index contributed by atoms with van der Waals surface area (Å²) in [5, 5.41) is 3.01. The maximum atomic E-state index is 12.0. The van der Waals surface area contributed by atoms with Gasteiger partial charge in [0.15, 0.2) is 0 Å². The predicted octanol–water partition coefficient (Wildman–Crippen LogP) is 0.0151. The molecule has 0 amide bonds. The van der Waals surface area contributed by atoms with E-state index >= 15 is 0 Å². The van der Waals surface area contributed by atoms with E-state index in [2.05, 4.69) is 14.8 Å². The van der Waals surface area contributed by atoms with Gasteiger partial charge in [-0.25, -0.2) is 26.3 Å². The van der Waals surface area contributed by atoms with Crippen LogP contribution in [0.1, 0.15) is 19.8 Å².